The first-order valence-corrected chi connectivity index (χ1v) is 9.96. The van der Waals surface area contributed by atoms with Gasteiger partial charge in [0.05, 0.1) is 0 Å². The van der Waals surface area contributed by atoms with E-state index >= 15 is 0 Å². The van der Waals surface area contributed by atoms with Crippen LogP contribution < -0.4 is 10.6 Å². The lowest BCUT2D eigenvalue weighted by molar-refractivity contribution is 0.0909. The Balaban J connectivity index is 1.29. The van der Waals surface area contributed by atoms with Crippen molar-refractivity contribution in [3.63, 3.8) is 0 Å². The van der Waals surface area contributed by atoms with Crippen molar-refractivity contribution in [2.24, 2.45) is 0 Å². The molecule has 1 saturated heterocycles. The topological polar surface area (TPSA) is 70.2 Å². The van der Waals surface area contributed by atoms with Gasteiger partial charge in [-0.05, 0) is 42.7 Å². The molecule has 1 aliphatic rings. The molecule has 0 saturated carbocycles. The molecule has 6 nitrogen and oxygen atoms in total. The number of rotatable bonds is 6. The van der Waals surface area contributed by atoms with Gasteiger partial charge in [0.2, 0.25) is 0 Å². The lowest BCUT2D eigenvalue weighted by Crippen LogP contribution is -2.44. The molecular formula is C23H25N5O. The molecule has 1 aliphatic heterocycles. The third kappa shape index (κ3) is 5.39. The Morgan fingerprint density at radius 2 is 1.86 bits per heavy atom. The predicted octanol–water partition coefficient (Wildman–Crippen LogP) is 3.61. The number of anilines is 2. The van der Waals surface area contributed by atoms with Crippen LogP contribution in [0.3, 0.4) is 0 Å². The third-order valence-electron chi connectivity index (χ3n) is 5.15. The van der Waals surface area contributed by atoms with E-state index in [1.807, 2.05) is 30.3 Å². The summed E-state index contributed by atoms with van der Waals surface area (Å²) in [7, 11) is 0. The van der Waals surface area contributed by atoms with E-state index in [4.69, 9.17) is 0 Å². The summed E-state index contributed by atoms with van der Waals surface area (Å²) in [4.78, 5) is 23.2. The van der Waals surface area contributed by atoms with E-state index in [0.29, 0.717) is 11.4 Å². The predicted molar refractivity (Wildman–Crippen MR) is 114 cm³/mol. The quantitative estimate of drug-likeness (QED) is 0.676. The standard InChI is InChI=1S/C23H25N5O/c29-23(19-7-4-8-21(15-19)26-22-9-12-24-17-25-22)27-20-10-13-28(14-11-20)16-18-5-2-1-3-6-18/h1-9,12,15,17,20H,10-11,13-14,16H2,(H,27,29)(H,24,25,26). The van der Waals surface area contributed by atoms with Gasteiger partial charge in [-0.3, -0.25) is 9.69 Å². The van der Waals surface area contributed by atoms with Gasteiger partial charge in [-0.15, -0.1) is 0 Å². The zero-order valence-electron chi connectivity index (χ0n) is 16.3. The number of amides is 1. The largest absolute Gasteiger partial charge is 0.349 e. The average Bonchev–Trinajstić information content (AvgIpc) is 2.77. The molecule has 2 heterocycles. The molecule has 0 atom stereocenters. The molecule has 0 spiro atoms. The average molecular weight is 387 g/mol. The van der Waals surface area contributed by atoms with Crippen LogP contribution in [-0.2, 0) is 6.54 Å². The van der Waals surface area contributed by atoms with Crippen molar-refractivity contribution >= 4 is 17.4 Å². The number of piperidine rings is 1. The molecule has 1 amide bonds. The van der Waals surface area contributed by atoms with E-state index in [1.165, 1.54) is 11.9 Å². The molecule has 2 N–H and O–H groups in total. The molecule has 3 aromatic rings. The number of carbonyl (C=O) groups excluding carboxylic acids is 1. The van der Waals surface area contributed by atoms with E-state index in [0.717, 1.165) is 38.2 Å². The lowest BCUT2D eigenvalue weighted by Gasteiger charge is -2.32. The Hall–Kier alpha value is -3.25. The fraction of sp³-hybridized carbons (Fsp3) is 0.261. The summed E-state index contributed by atoms with van der Waals surface area (Å²) in [5, 5.41) is 6.39. The van der Waals surface area contributed by atoms with Crippen LogP contribution in [0.25, 0.3) is 0 Å². The molecule has 4 rings (SSSR count). The number of nitrogens with zero attached hydrogens (tertiary/aromatic N) is 3. The number of carbonyl (C=O) groups is 1. The SMILES string of the molecule is O=C(NC1CCN(Cc2ccccc2)CC1)c1cccc(Nc2ccncn2)c1. The van der Waals surface area contributed by atoms with Crippen molar-refractivity contribution < 1.29 is 4.79 Å². The highest BCUT2D eigenvalue weighted by Crippen LogP contribution is 2.17. The Bertz CT molecular complexity index is 924. The highest BCUT2D eigenvalue weighted by Gasteiger charge is 2.21. The van der Waals surface area contributed by atoms with Crippen molar-refractivity contribution in [2.45, 2.75) is 25.4 Å². The normalized spacial score (nSPS) is 15.0. The van der Waals surface area contributed by atoms with Crippen LogP contribution in [0.5, 0.6) is 0 Å². The summed E-state index contributed by atoms with van der Waals surface area (Å²) in [6.45, 7) is 2.96. The minimum atomic E-state index is -0.0298. The van der Waals surface area contributed by atoms with Gasteiger partial charge in [0.15, 0.2) is 0 Å². The Morgan fingerprint density at radius 3 is 2.62 bits per heavy atom. The molecule has 2 aromatic carbocycles. The maximum atomic E-state index is 12.7. The summed E-state index contributed by atoms with van der Waals surface area (Å²) >= 11 is 0. The number of aromatic nitrogens is 2. The summed E-state index contributed by atoms with van der Waals surface area (Å²) < 4.78 is 0. The third-order valence-corrected chi connectivity index (χ3v) is 5.15. The second-order valence-electron chi connectivity index (χ2n) is 7.31. The molecule has 1 aromatic heterocycles. The summed E-state index contributed by atoms with van der Waals surface area (Å²) in [6, 6.07) is 20.0. The van der Waals surface area contributed by atoms with Crippen LogP contribution in [-0.4, -0.2) is 39.9 Å². The highest BCUT2D eigenvalue weighted by atomic mass is 16.1. The Kier molecular flexibility index (Phi) is 6.12. The first-order valence-electron chi connectivity index (χ1n) is 9.96. The Morgan fingerprint density at radius 1 is 1.03 bits per heavy atom. The number of nitrogens with one attached hydrogen (secondary N) is 2. The van der Waals surface area contributed by atoms with Gasteiger partial charge >= 0.3 is 0 Å². The second-order valence-corrected chi connectivity index (χ2v) is 7.31. The molecule has 0 radical (unpaired) electrons. The molecule has 1 fully saturated rings. The van der Waals surface area contributed by atoms with Crippen molar-refractivity contribution in [3.05, 3.63) is 84.3 Å². The molecule has 148 valence electrons. The van der Waals surface area contributed by atoms with Crippen LogP contribution in [0.1, 0.15) is 28.8 Å². The minimum absolute atomic E-state index is 0.0298. The maximum Gasteiger partial charge on any atom is 0.251 e. The van der Waals surface area contributed by atoms with Crippen LogP contribution in [0.2, 0.25) is 0 Å². The van der Waals surface area contributed by atoms with Crippen LogP contribution in [0, 0.1) is 0 Å². The minimum Gasteiger partial charge on any atom is -0.349 e. The number of hydrogen-bond donors (Lipinski definition) is 2. The van der Waals surface area contributed by atoms with E-state index in [9.17, 15) is 4.79 Å². The number of hydrogen-bond acceptors (Lipinski definition) is 5. The summed E-state index contributed by atoms with van der Waals surface area (Å²) in [5.74, 6) is 0.668. The lowest BCUT2D eigenvalue weighted by atomic mass is 10.0. The second kappa shape index (κ2) is 9.30. The van der Waals surface area contributed by atoms with Gasteiger partial charge in [-0.2, -0.15) is 0 Å². The smallest absolute Gasteiger partial charge is 0.251 e. The van der Waals surface area contributed by atoms with Crippen molar-refractivity contribution in [3.8, 4) is 0 Å². The van der Waals surface area contributed by atoms with Gasteiger partial charge in [-0.25, -0.2) is 9.97 Å². The van der Waals surface area contributed by atoms with Crippen LogP contribution >= 0.6 is 0 Å². The zero-order chi connectivity index (χ0) is 19.9. The van der Waals surface area contributed by atoms with Gasteiger partial charge in [0.25, 0.3) is 5.91 Å². The van der Waals surface area contributed by atoms with Gasteiger partial charge in [-0.1, -0.05) is 36.4 Å². The van der Waals surface area contributed by atoms with Gasteiger partial charge in [0.1, 0.15) is 12.1 Å². The Labute approximate surface area is 171 Å². The zero-order valence-corrected chi connectivity index (χ0v) is 16.3. The monoisotopic (exact) mass is 387 g/mol. The maximum absolute atomic E-state index is 12.7. The van der Waals surface area contributed by atoms with Gasteiger partial charge in [0, 0.05) is 43.1 Å². The number of likely N-dealkylation sites (tertiary alicyclic amines) is 1. The first-order chi connectivity index (χ1) is 14.3. The fourth-order valence-corrected chi connectivity index (χ4v) is 3.60. The van der Waals surface area contributed by atoms with Crippen molar-refractivity contribution in [1.82, 2.24) is 20.2 Å². The molecule has 0 bridgehead atoms. The van der Waals surface area contributed by atoms with Crippen LogP contribution in [0.15, 0.2) is 73.2 Å². The van der Waals surface area contributed by atoms with Crippen molar-refractivity contribution in [2.75, 3.05) is 18.4 Å². The van der Waals surface area contributed by atoms with E-state index in [2.05, 4.69) is 49.8 Å². The van der Waals surface area contributed by atoms with E-state index in [-0.39, 0.29) is 11.9 Å². The molecule has 0 aliphatic carbocycles. The summed E-state index contributed by atoms with van der Waals surface area (Å²) in [5.41, 5.74) is 2.81. The van der Waals surface area contributed by atoms with E-state index in [1.54, 1.807) is 12.3 Å². The van der Waals surface area contributed by atoms with Crippen LogP contribution in [0.4, 0.5) is 11.5 Å². The molecule has 0 unspecified atom stereocenters. The molecule has 6 heteroatoms. The van der Waals surface area contributed by atoms with Crippen molar-refractivity contribution in [1.29, 1.82) is 0 Å². The van der Waals surface area contributed by atoms with Gasteiger partial charge < -0.3 is 10.6 Å². The molecular weight excluding hydrogens is 362 g/mol. The number of benzene rings is 2. The highest BCUT2D eigenvalue weighted by molar-refractivity contribution is 5.95. The summed E-state index contributed by atoms with van der Waals surface area (Å²) in [6.07, 6.45) is 5.11. The van der Waals surface area contributed by atoms with E-state index < -0.39 is 0 Å². The fourth-order valence-electron chi connectivity index (χ4n) is 3.60. The molecule has 29 heavy (non-hydrogen) atoms. The first kappa shape index (κ1) is 19.1.